The average molecular weight is 500 g/mol. The number of carbonyl (C=O) groups is 2. The van der Waals surface area contributed by atoms with Crippen LogP contribution in [0.15, 0.2) is 82.1 Å². The maximum Gasteiger partial charge on any atom is 0.416 e. The average Bonchev–Trinajstić information content (AvgIpc) is 3.37. The van der Waals surface area contributed by atoms with Crippen molar-refractivity contribution in [3.63, 3.8) is 0 Å². The molecule has 2 amide bonds. The zero-order valence-corrected chi connectivity index (χ0v) is 18.7. The molecule has 0 saturated carbocycles. The second-order valence-electron chi connectivity index (χ2n) is 7.41. The van der Waals surface area contributed by atoms with Crippen molar-refractivity contribution in [1.82, 2.24) is 0 Å². The minimum absolute atomic E-state index is 0.0694. The molecule has 1 aliphatic rings. The minimum Gasteiger partial charge on any atom is -0.457 e. The first-order valence-corrected chi connectivity index (χ1v) is 11.1. The van der Waals surface area contributed by atoms with E-state index in [1.54, 1.807) is 12.1 Å². The Hall–Kier alpha value is -3.49. The summed E-state index contributed by atoms with van der Waals surface area (Å²) in [6, 6.07) is 18.7. The standard InChI is InChI=1S/C25H13ClF3NO3S/c26-19-10-8-15(25(27,28)29)12-18(19)21-11-9-16(33-21)13-22-23(31)30(24(32)34-22)20-7-3-5-14-4-1-2-6-17(14)20/h1-13H/b22-13-. The largest absolute Gasteiger partial charge is 0.457 e. The first-order valence-electron chi connectivity index (χ1n) is 9.95. The van der Waals surface area contributed by atoms with Gasteiger partial charge in [0.25, 0.3) is 11.1 Å². The van der Waals surface area contributed by atoms with E-state index < -0.39 is 22.9 Å². The van der Waals surface area contributed by atoms with E-state index in [9.17, 15) is 22.8 Å². The van der Waals surface area contributed by atoms with Gasteiger partial charge in [0.2, 0.25) is 0 Å². The van der Waals surface area contributed by atoms with Gasteiger partial charge in [0.05, 0.1) is 21.2 Å². The van der Waals surface area contributed by atoms with E-state index in [0.29, 0.717) is 5.69 Å². The molecular weight excluding hydrogens is 487 g/mol. The number of thioether (sulfide) groups is 1. The van der Waals surface area contributed by atoms with Gasteiger partial charge in [0.1, 0.15) is 11.5 Å². The van der Waals surface area contributed by atoms with Gasteiger partial charge in [-0.25, -0.2) is 4.90 Å². The van der Waals surface area contributed by atoms with Gasteiger partial charge in [-0.05, 0) is 53.5 Å². The number of fused-ring (bicyclic) bond motifs is 1. The molecule has 3 aromatic carbocycles. The van der Waals surface area contributed by atoms with Crippen molar-refractivity contribution in [2.75, 3.05) is 4.90 Å². The van der Waals surface area contributed by atoms with E-state index in [1.165, 1.54) is 18.2 Å². The third kappa shape index (κ3) is 3.99. The number of nitrogens with zero attached hydrogens (tertiary/aromatic N) is 1. The number of halogens is 4. The maximum absolute atomic E-state index is 13.1. The SMILES string of the molecule is O=C1S/C(=C\c2ccc(-c3cc(C(F)(F)F)ccc3Cl)o2)C(=O)N1c1cccc2ccccc12. The predicted octanol–water partition coefficient (Wildman–Crippen LogP) is 8.01. The van der Waals surface area contributed by atoms with Crippen LogP contribution in [0.4, 0.5) is 23.7 Å². The van der Waals surface area contributed by atoms with Crippen LogP contribution < -0.4 is 4.90 Å². The van der Waals surface area contributed by atoms with Gasteiger partial charge in [-0.2, -0.15) is 13.2 Å². The highest BCUT2D eigenvalue weighted by molar-refractivity contribution is 8.19. The van der Waals surface area contributed by atoms with E-state index in [4.69, 9.17) is 16.0 Å². The van der Waals surface area contributed by atoms with Gasteiger partial charge in [-0.15, -0.1) is 0 Å². The molecule has 1 aromatic heterocycles. The summed E-state index contributed by atoms with van der Waals surface area (Å²) in [6.45, 7) is 0. The molecule has 9 heteroatoms. The monoisotopic (exact) mass is 499 g/mol. The summed E-state index contributed by atoms with van der Waals surface area (Å²) in [6.07, 6.45) is -3.14. The second-order valence-corrected chi connectivity index (χ2v) is 8.81. The fourth-order valence-electron chi connectivity index (χ4n) is 3.67. The number of hydrogen-bond donors (Lipinski definition) is 0. The molecule has 0 spiro atoms. The van der Waals surface area contributed by atoms with Gasteiger partial charge >= 0.3 is 6.18 Å². The van der Waals surface area contributed by atoms with Crippen molar-refractivity contribution in [2.45, 2.75) is 6.18 Å². The molecule has 5 rings (SSSR count). The van der Waals surface area contributed by atoms with Gasteiger partial charge in [-0.1, -0.05) is 48.0 Å². The topological polar surface area (TPSA) is 50.5 Å². The first-order chi connectivity index (χ1) is 16.2. The lowest BCUT2D eigenvalue weighted by Gasteiger charge is -2.15. The normalized spacial score (nSPS) is 15.6. The summed E-state index contributed by atoms with van der Waals surface area (Å²) in [4.78, 5) is 27.0. The fourth-order valence-corrected chi connectivity index (χ4v) is 4.70. The summed E-state index contributed by atoms with van der Waals surface area (Å²) >= 11 is 6.84. The molecule has 0 radical (unpaired) electrons. The molecule has 4 nitrogen and oxygen atoms in total. The predicted molar refractivity (Wildman–Crippen MR) is 127 cm³/mol. The Bertz CT molecular complexity index is 1490. The second kappa shape index (κ2) is 8.38. The molecule has 0 unspecified atom stereocenters. The molecule has 1 fully saturated rings. The molecule has 4 aromatic rings. The number of rotatable bonds is 3. The summed E-state index contributed by atoms with van der Waals surface area (Å²) in [5, 5.41) is 1.27. The molecule has 34 heavy (non-hydrogen) atoms. The van der Waals surface area contributed by atoms with Crippen LogP contribution in [0.1, 0.15) is 11.3 Å². The summed E-state index contributed by atoms with van der Waals surface area (Å²) < 4.78 is 44.9. The maximum atomic E-state index is 13.1. The summed E-state index contributed by atoms with van der Waals surface area (Å²) in [5.41, 5.74) is -0.319. The fraction of sp³-hybridized carbons (Fsp3) is 0.0400. The quantitative estimate of drug-likeness (QED) is 0.268. The molecular formula is C25H13ClF3NO3S. The zero-order valence-electron chi connectivity index (χ0n) is 17.1. The van der Waals surface area contributed by atoms with Gasteiger partial charge in [0, 0.05) is 17.0 Å². The molecule has 0 bridgehead atoms. The van der Waals surface area contributed by atoms with Crippen molar-refractivity contribution < 1.29 is 27.2 Å². The van der Waals surface area contributed by atoms with E-state index in [-0.39, 0.29) is 27.0 Å². The highest BCUT2D eigenvalue weighted by Gasteiger charge is 2.37. The highest BCUT2D eigenvalue weighted by atomic mass is 35.5. The number of carbonyl (C=O) groups excluding carboxylic acids is 2. The Morgan fingerprint density at radius 3 is 2.50 bits per heavy atom. The highest BCUT2D eigenvalue weighted by Crippen LogP contribution is 2.40. The summed E-state index contributed by atoms with van der Waals surface area (Å²) in [5.74, 6) is -0.205. The number of alkyl halides is 3. The van der Waals surface area contributed by atoms with E-state index >= 15 is 0 Å². The smallest absolute Gasteiger partial charge is 0.416 e. The summed E-state index contributed by atoms with van der Waals surface area (Å²) in [7, 11) is 0. The van der Waals surface area contributed by atoms with Crippen LogP contribution in [-0.2, 0) is 11.0 Å². The number of amides is 2. The molecule has 2 heterocycles. The van der Waals surface area contributed by atoms with Gasteiger partial charge < -0.3 is 4.42 Å². The van der Waals surface area contributed by atoms with E-state index in [0.717, 1.165) is 45.6 Å². The van der Waals surface area contributed by atoms with Crippen LogP contribution in [0.2, 0.25) is 5.02 Å². The van der Waals surface area contributed by atoms with Crippen molar-refractivity contribution in [2.24, 2.45) is 0 Å². The van der Waals surface area contributed by atoms with Crippen LogP contribution in [-0.4, -0.2) is 11.1 Å². The van der Waals surface area contributed by atoms with Gasteiger partial charge in [-0.3, -0.25) is 9.59 Å². The van der Waals surface area contributed by atoms with Crippen molar-refractivity contribution in [3.05, 3.63) is 94.0 Å². The molecule has 1 saturated heterocycles. The first kappa shape index (κ1) is 22.3. The van der Waals surface area contributed by atoms with Crippen LogP contribution in [0.5, 0.6) is 0 Å². The van der Waals surface area contributed by atoms with Crippen molar-refractivity contribution >= 4 is 57.0 Å². The zero-order chi connectivity index (χ0) is 24.0. The molecule has 0 N–H and O–H groups in total. The lowest BCUT2D eigenvalue weighted by atomic mass is 10.1. The Morgan fingerprint density at radius 2 is 1.71 bits per heavy atom. The Morgan fingerprint density at radius 1 is 0.941 bits per heavy atom. The van der Waals surface area contributed by atoms with Crippen LogP contribution in [0.25, 0.3) is 28.2 Å². The number of imide groups is 1. The lowest BCUT2D eigenvalue weighted by Crippen LogP contribution is -2.27. The van der Waals surface area contributed by atoms with E-state index in [2.05, 4.69) is 0 Å². The van der Waals surface area contributed by atoms with Crippen LogP contribution >= 0.6 is 23.4 Å². The lowest BCUT2D eigenvalue weighted by molar-refractivity contribution is -0.137. The minimum atomic E-state index is -4.53. The molecule has 1 aliphatic heterocycles. The Kier molecular flexibility index (Phi) is 5.50. The van der Waals surface area contributed by atoms with Crippen LogP contribution in [0.3, 0.4) is 0 Å². The van der Waals surface area contributed by atoms with E-state index in [1.807, 2.05) is 30.3 Å². The number of hydrogen-bond acceptors (Lipinski definition) is 4. The van der Waals surface area contributed by atoms with Crippen molar-refractivity contribution in [1.29, 1.82) is 0 Å². The molecule has 0 atom stereocenters. The van der Waals surface area contributed by atoms with Crippen molar-refractivity contribution in [3.8, 4) is 11.3 Å². The molecule has 170 valence electrons. The van der Waals surface area contributed by atoms with Crippen LogP contribution in [0, 0.1) is 0 Å². The third-order valence-corrected chi connectivity index (χ3v) is 6.46. The Labute approximate surface area is 200 Å². The third-order valence-electron chi connectivity index (χ3n) is 5.26. The Balaban J connectivity index is 1.47. The number of furan rings is 1. The van der Waals surface area contributed by atoms with Gasteiger partial charge in [0.15, 0.2) is 0 Å². The number of benzene rings is 3. The number of anilines is 1. The molecule has 0 aliphatic carbocycles.